The van der Waals surface area contributed by atoms with Crippen molar-refractivity contribution in [1.29, 1.82) is 0 Å². The molecule has 7 heteroatoms. The molecule has 1 saturated heterocycles. The summed E-state index contributed by atoms with van der Waals surface area (Å²) in [5, 5.41) is 1.98. The molecule has 0 radical (unpaired) electrons. The molecule has 0 spiro atoms. The van der Waals surface area contributed by atoms with Crippen LogP contribution < -0.4 is 14.8 Å². The minimum Gasteiger partial charge on any atom is -0.459 e. The van der Waals surface area contributed by atoms with Gasteiger partial charge in [0.1, 0.15) is 37.6 Å². The number of nitrogens with zero attached hydrogens (tertiary/aromatic N) is 2. The first-order valence-corrected chi connectivity index (χ1v) is 17.0. The van der Waals surface area contributed by atoms with Crippen LogP contribution >= 0.6 is 0 Å². The van der Waals surface area contributed by atoms with Crippen LogP contribution in [0.4, 0.5) is 5.69 Å². The molecule has 2 aromatic carbocycles. The summed E-state index contributed by atoms with van der Waals surface area (Å²) in [4.78, 5) is 27.9. The first kappa shape index (κ1) is 32.1. The van der Waals surface area contributed by atoms with E-state index in [1.54, 1.807) is 13.0 Å². The van der Waals surface area contributed by atoms with Gasteiger partial charge in [-0.2, -0.15) is 0 Å². The van der Waals surface area contributed by atoms with Gasteiger partial charge in [0, 0.05) is 58.8 Å². The Morgan fingerprint density at radius 3 is 2.33 bits per heavy atom. The zero-order valence-corrected chi connectivity index (χ0v) is 28.3. The average molecular weight is 654 g/mol. The third-order valence-corrected chi connectivity index (χ3v) is 9.71. The summed E-state index contributed by atoms with van der Waals surface area (Å²) < 4.78 is 19.7. The van der Waals surface area contributed by atoms with E-state index in [1.165, 1.54) is 11.1 Å². The highest BCUT2D eigenvalue weighted by Gasteiger charge is 2.34. The van der Waals surface area contributed by atoms with E-state index >= 15 is 0 Å². The Hall–Kier alpha value is -5.43. The smallest absolute Gasteiger partial charge is 0.338 e. The normalized spacial score (nSPS) is 17.7. The number of allylic oxidation sites excluding steroid dienone is 6. The molecule has 0 atom stereocenters. The highest BCUT2D eigenvalue weighted by Crippen LogP contribution is 2.44. The molecule has 0 amide bonds. The van der Waals surface area contributed by atoms with Crippen molar-refractivity contribution in [2.24, 2.45) is 11.8 Å². The van der Waals surface area contributed by atoms with Crippen LogP contribution in [0, 0.1) is 11.8 Å². The van der Waals surface area contributed by atoms with Gasteiger partial charge in [-0.1, -0.05) is 61.2 Å². The van der Waals surface area contributed by atoms with Crippen molar-refractivity contribution in [1.82, 2.24) is 4.58 Å². The quantitative estimate of drug-likeness (QED) is 0.0619. The number of ether oxygens (including phenoxy) is 2. The van der Waals surface area contributed by atoms with Crippen LogP contribution in [0.15, 0.2) is 125 Å². The average Bonchev–Trinajstić information content (AvgIpc) is 3.12. The molecule has 49 heavy (non-hydrogen) atoms. The van der Waals surface area contributed by atoms with Gasteiger partial charge in [-0.05, 0) is 67.8 Å². The van der Waals surface area contributed by atoms with Gasteiger partial charge in [-0.25, -0.2) is 14.2 Å². The standard InChI is InChI=1S/C42H41N2O5/c1-5-43(6-2)32-17-19-35-38(24-32)49-37-20-18-31(44-25-29-13-9-11-28-12-10-14-30(26-44)39(28)29)23-36(37)40(35)33-15-7-8-16-34(33)42(46)48-22-21-47-41(45)27(3)4/h7-20,23-24,28,39H,3,5-6,21-22,25-26H2,1-2,4H3/q+1. The maximum Gasteiger partial charge on any atom is 0.338 e. The first-order valence-electron chi connectivity index (χ1n) is 17.0. The number of rotatable bonds is 9. The van der Waals surface area contributed by atoms with Crippen LogP contribution in [-0.2, 0) is 14.3 Å². The van der Waals surface area contributed by atoms with Gasteiger partial charge in [0.2, 0.25) is 5.36 Å². The third-order valence-electron chi connectivity index (χ3n) is 9.71. The number of hydrogen-bond acceptors (Lipinski definition) is 6. The highest BCUT2D eigenvalue weighted by molar-refractivity contribution is 6.08. The van der Waals surface area contributed by atoms with E-state index in [2.05, 4.69) is 96.7 Å². The molecular weight excluding hydrogens is 612 g/mol. The predicted molar refractivity (Wildman–Crippen MR) is 194 cm³/mol. The van der Waals surface area contributed by atoms with Gasteiger partial charge < -0.3 is 18.8 Å². The topological polar surface area (TPSA) is 72.0 Å². The largest absolute Gasteiger partial charge is 0.459 e. The van der Waals surface area contributed by atoms with E-state index in [9.17, 15) is 9.59 Å². The fraction of sp³-hybridized carbons (Fsp3) is 0.262. The summed E-state index contributed by atoms with van der Waals surface area (Å²) in [5.41, 5.74) is 7.92. The minimum atomic E-state index is -0.515. The Bertz CT molecular complexity index is 2110. The molecule has 7 rings (SSSR count). The van der Waals surface area contributed by atoms with Gasteiger partial charge in [0.05, 0.1) is 11.6 Å². The van der Waals surface area contributed by atoms with Crippen molar-refractivity contribution in [3.63, 3.8) is 0 Å². The molecule has 3 aliphatic carbocycles. The molecule has 1 fully saturated rings. The van der Waals surface area contributed by atoms with Crippen LogP contribution in [0.5, 0.6) is 0 Å². The second-order valence-electron chi connectivity index (χ2n) is 12.8. The molecule has 248 valence electrons. The van der Waals surface area contributed by atoms with E-state index in [-0.39, 0.29) is 13.2 Å². The van der Waals surface area contributed by atoms with E-state index in [0.29, 0.717) is 23.0 Å². The van der Waals surface area contributed by atoms with Crippen molar-refractivity contribution < 1.29 is 23.5 Å². The molecule has 2 heterocycles. The van der Waals surface area contributed by atoms with E-state index in [0.717, 1.165) is 70.6 Å². The Morgan fingerprint density at radius 2 is 1.61 bits per heavy atom. The van der Waals surface area contributed by atoms with Crippen LogP contribution in [0.1, 0.15) is 31.1 Å². The molecule has 0 saturated carbocycles. The molecule has 7 nitrogen and oxygen atoms in total. The Balaban J connectivity index is 1.34. The molecule has 5 aliphatic rings. The minimum absolute atomic E-state index is 0.0525. The fourth-order valence-corrected chi connectivity index (χ4v) is 7.31. The molecule has 0 aromatic heterocycles. The second-order valence-corrected chi connectivity index (χ2v) is 12.8. The number of carbonyl (C=O) groups is 2. The lowest BCUT2D eigenvalue weighted by Crippen LogP contribution is -2.40. The number of esters is 2. The summed E-state index contributed by atoms with van der Waals surface area (Å²) in [6.45, 7) is 12.8. The second kappa shape index (κ2) is 13.6. The SMILES string of the molecule is C=C(C)C(=O)OCCOC(=O)c1ccccc1-c1c2ccc(=[N+](CC)CC)cc-2oc2ccc(N3CC4=CC=CC5C=CC=C(C3)C45)cc12. The van der Waals surface area contributed by atoms with Gasteiger partial charge >= 0.3 is 11.9 Å². The summed E-state index contributed by atoms with van der Waals surface area (Å²) in [6.07, 6.45) is 13.5. The summed E-state index contributed by atoms with van der Waals surface area (Å²) in [5.74, 6) is 0.583. The Morgan fingerprint density at radius 1 is 0.898 bits per heavy atom. The molecule has 0 unspecified atom stereocenters. The van der Waals surface area contributed by atoms with Gasteiger partial charge in [0.15, 0.2) is 0 Å². The van der Waals surface area contributed by atoms with Crippen LogP contribution in [-0.4, -0.2) is 51.3 Å². The lowest BCUT2D eigenvalue weighted by atomic mass is 9.72. The number of benzene rings is 3. The van der Waals surface area contributed by atoms with Crippen LogP contribution in [0.25, 0.3) is 33.4 Å². The molecule has 0 N–H and O–H groups in total. The van der Waals surface area contributed by atoms with Crippen LogP contribution in [0.2, 0.25) is 0 Å². The maximum absolute atomic E-state index is 13.6. The lowest BCUT2D eigenvalue weighted by molar-refractivity contribution is -0.140. The number of anilines is 1. The first-order chi connectivity index (χ1) is 23.9. The Kier molecular flexibility index (Phi) is 8.91. The number of hydrogen-bond donors (Lipinski definition) is 0. The number of fused-ring (bicyclic) bond motifs is 2. The highest BCUT2D eigenvalue weighted by atomic mass is 16.6. The fourth-order valence-electron chi connectivity index (χ4n) is 7.31. The van der Waals surface area contributed by atoms with Crippen molar-refractivity contribution in [3.8, 4) is 22.5 Å². The monoisotopic (exact) mass is 653 g/mol. The van der Waals surface area contributed by atoms with Gasteiger partial charge in [0.25, 0.3) is 0 Å². The van der Waals surface area contributed by atoms with Crippen molar-refractivity contribution in [2.75, 3.05) is 44.3 Å². The molecule has 2 aromatic rings. The van der Waals surface area contributed by atoms with Gasteiger partial charge in [-0.3, -0.25) is 0 Å². The number of piperidine rings is 1. The van der Waals surface area contributed by atoms with Crippen LogP contribution in [0.3, 0.4) is 0 Å². The Labute approximate surface area is 286 Å². The van der Waals surface area contributed by atoms with Gasteiger partial charge in [-0.15, -0.1) is 0 Å². The zero-order valence-electron chi connectivity index (χ0n) is 28.3. The van der Waals surface area contributed by atoms with E-state index < -0.39 is 11.9 Å². The molecule has 0 bridgehead atoms. The summed E-state index contributed by atoms with van der Waals surface area (Å²) >= 11 is 0. The third kappa shape index (κ3) is 6.17. The number of carbonyl (C=O) groups excluding carboxylic acids is 2. The van der Waals surface area contributed by atoms with Crippen molar-refractivity contribution in [2.45, 2.75) is 20.8 Å². The van der Waals surface area contributed by atoms with Crippen molar-refractivity contribution >= 4 is 28.6 Å². The van der Waals surface area contributed by atoms with Crippen molar-refractivity contribution in [3.05, 3.63) is 131 Å². The summed E-state index contributed by atoms with van der Waals surface area (Å²) in [6, 6.07) is 20.2. The zero-order chi connectivity index (χ0) is 34.1. The van der Waals surface area contributed by atoms with E-state index in [4.69, 9.17) is 13.9 Å². The summed E-state index contributed by atoms with van der Waals surface area (Å²) in [7, 11) is 0. The molecular formula is C42H41N2O5+. The van der Waals surface area contributed by atoms with E-state index in [1.807, 2.05) is 24.3 Å². The maximum atomic E-state index is 13.6. The lowest BCUT2D eigenvalue weighted by Gasteiger charge is -2.42. The predicted octanol–water partition coefficient (Wildman–Crippen LogP) is 7.34. The molecule has 2 aliphatic heterocycles.